The van der Waals surface area contributed by atoms with Crippen LogP contribution in [0.1, 0.15) is 45.1 Å². The number of nitrogens with one attached hydrogen (secondary N) is 1. The van der Waals surface area contributed by atoms with Gasteiger partial charge in [-0.05, 0) is 43.4 Å². The molecule has 0 saturated carbocycles. The summed E-state index contributed by atoms with van der Waals surface area (Å²) in [6.45, 7) is 5.66. The zero-order valence-corrected chi connectivity index (χ0v) is 17.6. The molecule has 0 aromatic heterocycles. The highest BCUT2D eigenvalue weighted by atomic mass is 19.1. The topological polar surface area (TPSA) is 81.7 Å². The summed E-state index contributed by atoms with van der Waals surface area (Å²) in [6, 6.07) is 5.81. The summed E-state index contributed by atoms with van der Waals surface area (Å²) in [7, 11) is 1.24. The lowest BCUT2D eigenvalue weighted by Crippen LogP contribution is -2.43. The smallest absolute Gasteiger partial charge is 0.336 e. The van der Waals surface area contributed by atoms with Crippen LogP contribution in [0, 0.1) is 17.7 Å². The maximum absolute atomic E-state index is 14.1. The molecule has 1 N–H and O–H groups in total. The zero-order valence-electron chi connectivity index (χ0n) is 17.6. The molecule has 0 unspecified atom stereocenters. The summed E-state index contributed by atoms with van der Waals surface area (Å²) >= 11 is 0. The molecule has 30 heavy (non-hydrogen) atoms. The summed E-state index contributed by atoms with van der Waals surface area (Å²) in [5, 5.41) is 3.17. The van der Waals surface area contributed by atoms with Gasteiger partial charge in [-0.1, -0.05) is 26.0 Å². The fourth-order valence-electron chi connectivity index (χ4n) is 4.24. The van der Waals surface area contributed by atoms with E-state index in [1.54, 1.807) is 13.0 Å². The number of allylic oxidation sites excluding steroid dienone is 3. The van der Waals surface area contributed by atoms with Crippen LogP contribution in [0.5, 0.6) is 0 Å². The van der Waals surface area contributed by atoms with Crippen molar-refractivity contribution in [3.63, 3.8) is 0 Å². The van der Waals surface area contributed by atoms with Gasteiger partial charge in [0.05, 0.1) is 19.3 Å². The first kappa shape index (κ1) is 21.7. The van der Waals surface area contributed by atoms with Crippen LogP contribution in [0.3, 0.4) is 0 Å². The molecule has 1 heterocycles. The summed E-state index contributed by atoms with van der Waals surface area (Å²) in [4.78, 5) is 38.7. The molecule has 7 heteroatoms. The van der Waals surface area contributed by atoms with Crippen LogP contribution in [0.4, 0.5) is 4.39 Å². The molecule has 1 aromatic carbocycles. The van der Waals surface area contributed by atoms with Crippen molar-refractivity contribution in [2.24, 2.45) is 11.8 Å². The van der Waals surface area contributed by atoms with Crippen molar-refractivity contribution in [2.75, 3.05) is 13.7 Å². The monoisotopic (exact) mass is 415 g/mol. The van der Waals surface area contributed by atoms with Gasteiger partial charge in [0.25, 0.3) is 0 Å². The van der Waals surface area contributed by atoms with Gasteiger partial charge in [0.1, 0.15) is 11.7 Å². The van der Waals surface area contributed by atoms with Gasteiger partial charge in [-0.15, -0.1) is 0 Å². The number of ketones is 1. The molecule has 0 radical (unpaired) electrons. The lowest BCUT2D eigenvalue weighted by Gasteiger charge is -2.38. The van der Waals surface area contributed by atoms with E-state index in [-0.39, 0.29) is 18.1 Å². The molecule has 0 amide bonds. The highest BCUT2D eigenvalue weighted by Gasteiger charge is 2.47. The van der Waals surface area contributed by atoms with Gasteiger partial charge < -0.3 is 14.8 Å². The maximum atomic E-state index is 14.1. The molecule has 2 aliphatic rings. The Bertz CT molecular complexity index is 949. The van der Waals surface area contributed by atoms with Crippen LogP contribution in [-0.4, -0.2) is 31.4 Å². The third-order valence-corrected chi connectivity index (χ3v) is 5.58. The van der Waals surface area contributed by atoms with Gasteiger partial charge in [0, 0.05) is 22.9 Å². The molecule has 6 nitrogen and oxygen atoms in total. The zero-order chi connectivity index (χ0) is 22.0. The lowest BCUT2D eigenvalue weighted by molar-refractivity contribution is -0.151. The Labute approximate surface area is 175 Å². The van der Waals surface area contributed by atoms with E-state index in [9.17, 15) is 18.8 Å². The average Bonchev–Trinajstić information content (AvgIpc) is 2.70. The van der Waals surface area contributed by atoms with Crippen molar-refractivity contribution in [3.8, 4) is 0 Å². The maximum Gasteiger partial charge on any atom is 0.336 e. The minimum absolute atomic E-state index is 0.229. The first-order valence-corrected chi connectivity index (χ1v) is 10.1. The number of carbonyl (C=O) groups is 3. The average molecular weight is 415 g/mol. The predicted octanol–water partition coefficient (Wildman–Crippen LogP) is 3.39. The summed E-state index contributed by atoms with van der Waals surface area (Å²) < 4.78 is 24.3. The van der Waals surface area contributed by atoms with E-state index in [1.807, 2.05) is 13.8 Å². The number of carbonyl (C=O) groups excluding carboxylic acids is 3. The largest absolute Gasteiger partial charge is 0.468 e. The van der Waals surface area contributed by atoms with Crippen molar-refractivity contribution in [1.29, 1.82) is 0 Å². The number of esters is 2. The Kier molecular flexibility index (Phi) is 6.39. The molecule has 3 rings (SSSR count). The van der Waals surface area contributed by atoms with E-state index in [0.717, 1.165) is 0 Å². The molecule has 0 saturated heterocycles. The molecule has 1 aliphatic heterocycles. The number of halogens is 1. The lowest BCUT2D eigenvalue weighted by atomic mass is 9.69. The first-order chi connectivity index (χ1) is 14.3. The van der Waals surface area contributed by atoms with Crippen molar-refractivity contribution in [3.05, 3.63) is 58.2 Å². The Morgan fingerprint density at radius 3 is 2.67 bits per heavy atom. The number of hydrogen-bond donors (Lipinski definition) is 1. The van der Waals surface area contributed by atoms with Gasteiger partial charge >= 0.3 is 11.9 Å². The molecule has 0 spiro atoms. The highest BCUT2D eigenvalue weighted by molar-refractivity contribution is 6.12. The molecule has 160 valence electrons. The minimum atomic E-state index is -0.974. The number of ether oxygens (including phenoxy) is 2. The number of dihydropyridines is 1. The van der Waals surface area contributed by atoms with E-state index in [1.165, 1.54) is 25.3 Å². The summed E-state index contributed by atoms with van der Waals surface area (Å²) in [5.41, 5.74) is 2.20. The Hall–Kier alpha value is -2.96. The van der Waals surface area contributed by atoms with Gasteiger partial charge in [-0.2, -0.15) is 0 Å². The first-order valence-electron chi connectivity index (χ1n) is 10.1. The second-order valence-corrected chi connectivity index (χ2v) is 7.73. The molecule has 0 fully saturated rings. The Balaban J connectivity index is 2.16. The Morgan fingerprint density at radius 1 is 1.30 bits per heavy atom. The third kappa shape index (κ3) is 3.88. The van der Waals surface area contributed by atoms with Gasteiger partial charge in [0.2, 0.25) is 0 Å². The number of Topliss-reactive ketones (excluding diaryl/α,β-unsaturated/α-hetero) is 1. The van der Waals surface area contributed by atoms with Crippen LogP contribution in [-0.2, 0) is 23.9 Å². The molecule has 1 aliphatic carbocycles. The van der Waals surface area contributed by atoms with E-state index in [2.05, 4.69) is 5.32 Å². The van der Waals surface area contributed by atoms with Gasteiger partial charge in [0.15, 0.2) is 5.78 Å². The van der Waals surface area contributed by atoms with Crippen LogP contribution >= 0.6 is 0 Å². The second-order valence-electron chi connectivity index (χ2n) is 7.73. The molecule has 0 bridgehead atoms. The number of benzene rings is 1. The standard InChI is InChI=1S/C23H26FNO5/c1-5-9-30-23(28)18-13(3)25-16-10-12(2)17(22(27)29-4)21(26)20(16)19(18)14-7-6-8-15(24)11-14/h6-8,11-12,17,19,25H,5,9-10H2,1-4H3/t12-,17+,19-/m1/s1. The van der Waals surface area contributed by atoms with Crippen molar-refractivity contribution < 1.29 is 28.2 Å². The molecular formula is C23H26FNO5. The van der Waals surface area contributed by atoms with Crippen molar-refractivity contribution in [1.82, 2.24) is 5.32 Å². The number of methoxy groups -OCH3 is 1. The number of rotatable bonds is 5. The van der Waals surface area contributed by atoms with Crippen LogP contribution in [0.2, 0.25) is 0 Å². The molecular weight excluding hydrogens is 389 g/mol. The van der Waals surface area contributed by atoms with Gasteiger partial charge in [-0.25, -0.2) is 9.18 Å². The number of hydrogen-bond acceptors (Lipinski definition) is 6. The minimum Gasteiger partial charge on any atom is -0.468 e. The van der Waals surface area contributed by atoms with Crippen LogP contribution in [0.25, 0.3) is 0 Å². The molecule has 3 atom stereocenters. The van der Waals surface area contributed by atoms with Crippen molar-refractivity contribution >= 4 is 17.7 Å². The van der Waals surface area contributed by atoms with E-state index >= 15 is 0 Å². The van der Waals surface area contributed by atoms with E-state index in [0.29, 0.717) is 35.4 Å². The van der Waals surface area contributed by atoms with E-state index in [4.69, 9.17) is 9.47 Å². The quantitative estimate of drug-likeness (QED) is 0.586. The fourth-order valence-corrected chi connectivity index (χ4v) is 4.24. The third-order valence-electron chi connectivity index (χ3n) is 5.58. The fraction of sp³-hybridized carbons (Fsp3) is 0.435. The second kappa shape index (κ2) is 8.81. The molecule has 1 aromatic rings. The SMILES string of the molecule is CCCOC(=O)C1=C(C)NC2=C(C(=O)[C@@H](C(=O)OC)[C@H](C)C2)[C@@H]1c1cccc(F)c1. The summed E-state index contributed by atoms with van der Waals surface area (Å²) in [6.07, 6.45) is 1.08. The highest BCUT2D eigenvalue weighted by Crippen LogP contribution is 2.45. The summed E-state index contributed by atoms with van der Waals surface area (Å²) in [5.74, 6) is -4.14. The normalized spacial score (nSPS) is 23.6. The Morgan fingerprint density at radius 2 is 2.03 bits per heavy atom. The predicted molar refractivity (Wildman–Crippen MR) is 108 cm³/mol. The van der Waals surface area contributed by atoms with Gasteiger partial charge in [-0.3, -0.25) is 9.59 Å². The van der Waals surface area contributed by atoms with E-state index < -0.39 is 35.4 Å². The van der Waals surface area contributed by atoms with Crippen molar-refractivity contribution in [2.45, 2.75) is 39.5 Å². The van der Waals surface area contributed by atoms with Crippen LogP contribution in [0.15, 0.2) is 46.8 Å². The van der Waals surface area contributed by atoms with Crippen LogP contribution < -0.4 is 5.32 Å².